The van der Waals surface area contributed by atoms with Gasteiger partial charge in [0.1, 0.15) is 19.0 Å². The molecule has 2 heterocycles. The summed E-state index contributed by atoms with van der Waals surface area (Å²) in [4.78, 5) is 16.0. The van der Waals surface area contributed by atoms with Gasteiger partial charge in [0.2, 0.25) is 0 Å². The minimum atomic E-state index is -0.188. The van der Waals surface area contributed by atoms with Gasteiger partial charge in [-0.25, -0.2) is 9.78 Å². The SMILES string of the molecule is O=C(Nc1ccc(Nc2ccc3c(c2)OCCO3)nc1)NC1CC1. The van der Waals surface area contributed by atoms with E-state index in [1.807, 2.05) is 24.3 Å². The monoisotopic (exact) mass is 326 g/mol. The number of amides is 2. The number of pyridine rings is 1. The molecule has 0 atom stereocenters. The summed E-state index contributed by atoms with van der Waals surface area (Å²) in [7, 11) is 0. The van der Waals surface area contributed by atoms with Crippen LogP contribution in [0.4, 0.5) is 22.0 Å². The van der Waals surface area contributed by atoms with Gasteiger partial charge in [-0.05, 0) is 37.1 Å². The predicted molar refractivity (Wildman–Crippen MR) is 90.1 cm³/mol. The number of hydrogen-bond donors (Lipinski definition) is 3. The van der Waals surface area contributed by atoms with Gasteiger partial charge in [0.15, 0.2) is 11.5 Å². The van der Waals surface area contributed by atoms with Crippen molar-refractivity contribution in [2.24, 2.45) is 0 Å². The van der Waals surface area contributed by atoms with Crippen LogP contribution in [-0.2, 0) is 0 Å². The minimum absolute atomic E-state index is 0.188. The molecular weight excluding hydrogens is 308 g/mol. The third kappa shape index (κ3) is 3.51. The van der Waals surface area contributed by atoms with Crippen LogP contribution in [0.2, 0.25) is 0 Å². The molecule has 1 aromatic carbocycles. The van der Waals surface area contributed by atoms with E-state index in [1.165, 1.54) is 0 Å². The molecule has 0 spiro atoms. The van der Waals surface area contributed by atoms with Gasteiger partial charge >= 0.3 is 6.03 Å². The van der Waals surface area contributed by atoms with Crippen LogP contribution in [0.1, 0.15) is 12.8 Å². The molecule has 2 aromatic rings. The summed E-state index contributed by atoms with van der Waals surface area (Å²) in [6, 6.07) is 9.41. The minimum Gasteiger partial charge on any atom is -0.486 e. The number of nitrogens with one attached hydrogen (secondary N) is 3. The number of hydrogen-bond acceptors (Lipinski definition) is 5. The Hall–Kier alpha value is -2.96. The van der Waals surface area contributed by atoms with E-state index in [-0.39, 0.29) is 6.03 Å². The molecular formula is C17H18N4O3. The summed E-state index contributed by atoms with van der Waals surface area (Å²) >= 11 is 0. The van der Waals surface area contributed by atoms with Crippen molar-refractivity contribution in [1.82, 2.24) is 10.3 Å². The lowest BCUT2D eigenvalue weighted by Crippen LogP contribution is -2.30. The van der Waals surface area contributed by atoms with Crippen LogP contribution >= 0.6 is 0 Å². The number of aromatic nitrogens is 1. The molecule has 124 valence electrons. The Morgan fingerprint density at radius 3 is 2.58 bits per heavy atom. The van der Waals surface area contributed by atoms with Crippen molar-refractivity contribution in [2.75, 3.05) is 23.8 Å². The van der Waals surface area contributed by atoms with Gasteiger partial charge in [-0.1, -0.05) is 0 Å². The Bertz CT molecular complexity index is 744. The highest BCUT2D eigenvalue weighted by Gasteiger charge is 2.23. The van der Waals surface area contributed by atoms with Gasteiger partial charge in [0.05, 0.1) is 11.9 Å². The lowest BCUT2D eigenvalue weighted by atomic mass is 10.2. The fourth-order valence-corrected chi connectivity index (χ4v) is 2.39. The van der Waals surface area contributed by atoms with Crippen molar-refractivity contribution in [1.29, 1.82) is 0 Å². The molecule has 2 amide bonds. The summed E-state index contributed by atoms with van der Waals surface area (Å²) in [5.41, 5.74) is 1.51. The van der Waals surface area contributed by atoms with Crippen LogP contribution in [-0.4, -0.2) is 30.3 Å². The number of urea groups is 1. The number of fused-ring (bicyclic) bond motifs is 1. The second kappa shape index (κ2) is 6.27. The number of carbonyl (C=O) groups is 1. The van der Waals surface area contributed by atoms with Crippen molar-refractivity contribution in [3.8, 4) is 11.5 Å². The maximum atomic E-state index is 11.7. The zero-order valence-corrected chi connectivity index (χ0v) is 13.0. The number of rotatable bonds is 4. The average Bonchev–Trinajstić information content (AvgIpc) is 3.40. The smallest absolute Gasteiger partial charge is 0.319 e. The Morgan fingerprint density at radius 2 is 1.83 bits per heavy atom. The maximum absolute atomic E-state index is 11.7. The maximum Gasteiger partial charge on any atom is 0.319 e. The molecule has 7 nitrogen and oxygen atoms in total. The molecule has 1 aromatic heterocycles. The third-order valence-electron chi connectivity index (χ3n) is 3.75. The van der Waals surface area contributed by atoms with E-state index in [0.717, 1.165) is 30.0 Å². The number of anilines is 3. The van der Waals surface area contributed by atoms with E-state index in [1.54, 1.807) is 12.3 Å². The first-order valence-electron chi connectivity index (χ1n) is 7.96. The molecule has 1 aliphatic heterocycles. The van der Waals surface area contributed by atoms with Gasteiger partial charge in [-0.15, -0.1) is 0 Å². The summed E-state index contributed by atoms with van der Waals surface area (Å²) in [6.07, 6.45) is 3.74. The van der Waals surface area contributed by atoms with Crippen molar-refractivity contribution < 1.29 is 14.3 Å². The van der Waals surface area contributed by atoms with E-state index in [0.29, 0.717) is 30.8 Å². The Balaban J connectivity index is 1.38. The van der Waals surface area contributed by atoms with E-state index in [4.69, 9.17) is 9.47 Å². The fourth-order valence-electron chi connectivity index (χ4n) is 2.39. The van der Waals surface area contributed by atoms with Crippen LogP contribution in [0.3, 0.4) is 0 Å². The van der Waals surface area contributed by atoms with Gasteiger partial charge < -0.3 is 25.4 Å². The van der Waals surface area contributed by atoms with Crippen molar-refractivity contribution >= 4 is 23.2 Å². The lowest BCUT2D eigenvalue weighted by molar-refractivity contribution is 0.171. The van der Waals surface area contributed by atoms with Gasteiger partial charge in [-0.3, -0.25) is 0 Å². The standard InChI is InChI=1S/C17H18N4O3/c22-17(20-11-1-2-11)21-13-4-6-16(18-10-13)19-12-3-5-14-15(9-12)24-8-7-23-14/h3-6,9-11H,1-2,7-8H2,(H,18,19)(H2,20,21,22). The molecule has 1 aliphatic carbocycles. The summed E-state index contributed by atoms with van der Waals surface area (Å²) in [5.74, 6) is 2.15. The molecule has 1 fully saturated rings. The topological polar surface area (TPSA) is 84.5 Å². The Morgan fingerprint density at radius 1 is 1.04 bits per heavy atom. The summed E-state index contributed by atoms with van der Waals surface area (Å²) in [6.45, 7) is 1.13. The van der Waals surface area contributed by atoms with Gasteiger partial charge in [-0.2, -0.15) is 0 Å². The van der Waals surface area contributed by atoms with Crippen LogP contribution in [0.15, 0.2) is 36.5 Å². The van der Waals surface area contributed by atoms with E-state index in [9.17, 15) is 4.79 Å². The lowest BCUT2D eigenvalue weighted by Gasteiger charge is -2.19. The quantitative estimate of drug-likeness (QED) is 0.804. The molecule has 3 N–H and O–H groups in total. The van der Waals surface area contributed by atoms with Crippen molar-refractivity contribution in [3.63, 3.8) is 0 Å². The zero-order valence-electron chi connectivity index (χ0n) is 13.0. The van der Waals surface area contributed by atoms with Crippen LogP contribution in [0.5, 0.6) is 11.5 Å². The second-order valence-corrected chi connectivity index (χ2v) is 5.79. The molecule has 1 saturated carbocycles. The second-order valence-electron chi connectivity index (χ2n) is 5.79. The molecule has 24 heavy (non-hydrogen) atoms. The largest absolute Gasteiger partial charge is 0.486 e. The third-order valence-corrected chi connectivity index (χ3v) is 3.75. The van der Waals surface area contributed by atoms with E-state index >= 15 is 0 Å². The Kier molecular flexibility index (Phi) is 3.82. The van der Waals surface area contributed by atoms with E-state index in [2.05, 4.69) is 20.9 Å². The first-order valence-corrected chi connectivity index (χ1v) is 7.96. The van der Waals surface area contributed by atoms with Crippen LogP contribution < -0.4 is 25.4 Å². The number of ether oxygens (including phenoxy) is 2. The number of carbonyl (C=O) groups excluding carboxylic acids is 1. The Labute approximate surface area is 139 Å². The molecule has 7 heteroatoms. The van der Waals surface area contributed by atoms with Crippen molar-refractivity contribution in [3.05, 3.63) is 36.5 Å². The average molecular weight is 326 g/mol. The first kappa shape index (κ1) is 14.6. The van der Waals surface area contributed by atoms with Crippen LogP contribution in [0, 0.1) is 0 Å². The van der Waals surface area contributed by atoms with Crippen LogP contribution in [0.25, 0.3) is 0 Å². The normalized spacial score (nSPS) is 15.5. The molecule has 0 radical (unpaired) electrons. The molecule has 4 rings (SSSR count). The van der Waals surface area contributed by atoms with E-state index < -0.39 is 0 Å². The number of nitrogens with zero attached hydrogens (tertiary/aromatic N) is 1. The number of benzene rings is 1. The molecule has 2 aliphatic rings. The van der Waals surface area contributed by atoms with Gasteiger partial charge in [0.25, 0.3) is 0 Å². The predicted octanol–water partition coefficient (Wildman–Crippen LogP) is 2.88. The first-order chi connectivity index (χ1) is 11.8. The highest BCUT2D eigenvalue weighted by atomic mass is 16.6. The van der Waals surface area contributed by atoms with Crippen molar-refractivity contribution in [2.45, 2.75) is 18.9 Å². The molecule has 0 unspecified atom stereocenters. The fraction of sp³-hybridized carbons (Fsp3) is 0.294. The van der Waals surface area contributed by atoms with Gasteiger partial charge in [0, 0.05) is 17.8 Å². The highest BCUT2D eigenvalue weighted by molar-refractivity contribution is 5.89. The summed E-state index contributed by atoms with van der Waals surface area (Å²) < 4.78 is 11.1. The zero-order chi connectivity index (χ0) is 16.4. The molecule has 0 saturated heterocycles. The highest BCUT2D eigenvalue weighted by Crippen LogP contribution is 2.33. The molecule has 0 bridgehead atoms. The summed E-state index contributed by atoms with van der Waals surface area (Å²) in [5, 5.41) is 8.84.